The third-order valence-electron chi connectivity index (χ3n) is 3.82. The van der Waals surface area contributed by atoms with Gasteiger partial charge in [-0.3, -0.25) is 0 Å². The normalized spacial score (nSPS) is 32.8. The summed E-state index contributed by atoms with van der Waals surface area (Å²) in [6.07, 6.45) is -6.36. The molecule has 22 heavy (non-hydrogen) atoms. The van der Waals surface area contributed by atoms with Crippen molar-refractivity contribution in [2.45, 2.75) is 56.9 Å². The Morgan fingerprint density at radius 3 is 2.09 bits per heavy atom. The summed E-state index contributed by atoms with van der Waals surface area (Å²) in [5.41, 5.74) is 1.15. The lowest BCUT2D eigenvalue weighted by Crippen LogP contribution is -2.60. The van der Waals surface area contributed by atoms with Crippen LogP contribution < -0.4 is 4.74 Å². The molecule has 1 fully saturated rings. The maximum atomic E-state index is 9.92. The van der Waals surface area contributed by atoms with Crippen molar-refractivity contribution in [2.75, 3.05) is 6.61 Å². The van der Waals surface area contributed by atoms with Gasteiger partial charge in [0.25, 0.3) is 0 Å². The van der Waals surface area contributed by atoms with Crippen molar-refractivity contribution in [1.29, 1.82) is 0 Å². The van der Waals surface area contributed by atoms with Crippen molar-refractivity contribution < 1.29 is 29.9 Å². The standard InChI is InChI=1S/C16H24O6/c1-16(2,3)9-4-6-10(7-5-9)21-15-14(20)13(19)12(18)11(8-17)22-15/h4-7,11-15,17-20H,8H2,1-3H3/t11-,12-,13+,14-,15?/m1/s1. The molecular weight excluding hydrogens is 288 g/mol. The summed E-state index contributed by atoms with van der Waals surface area (Å²) in [7, 11) is 0. The van der Waals surface area contributed by atoms with Crippen molar-refractivity contribution in [1.82, 2.24) is 0 Å². The SMILES string of the molecule is CC(C)(C)c1ccc(OC2O[C@H](CO)[C@@H](O)[C@H](O)[C@H]2O)cc1. The van der Waals surface area contributed by atoms with E-state index < -0.39 is 37.3 Å². The van der Waals surface area contributed by atoms with Crippen molar-refractivity contribution in [3.8, 4) is 5.75 Å². The van der Waals surface area contributed by atoms with Gasteiger partial charge in [0.2, 0.25) is 6.29 Å². The van der Waals surface area contributed by atoms with Gasteiger partial charge in [0.05, 0.1) is 6.61 Å². The topological polar surface area (TPSA) is 99.4 Å². The molecule has 6 heteroatoms. The Labute approximate surface area is 129 Å². The second kappa shape index (κ2) is 6.52. The summed E-state index contributed by atoms with van der Waals surface area (Å²) >= 11 is 0. The summed E-state index contributed by atoms with van der Waals surface area (Å²) in [6.45, 7) is 5.81. The molecule has 0 bridgehead atoms. The first kappa shape index (κ1) is 17.2. The molecule has 1 aliphatic rings. The maximum Gasteiger partial charge on any atom is 0.229 e. The summed E-state index contributed by atoms with van der Waals surface area (Å²) in [5, 5.41) is 38.5. The van der Waals surface area contributed by atoms with Gasteiger partial charge in [-0.25, -0.2) is 0 Å². The average Bonchev–Trinajstić information content (AvgIpc) is 2.47. The number of ether oxygens (including phenoxy) is 2. The average molecular weight is 312 g/mol. The molecule has 5 atom stereocenters. The van der Waals surface area contributed by atoms with Crippen LogP contribution in [0.4, 0.5) is 0 Å². The fourth-order valence-corrected chi connectivity index (χ4v) is 2.33. The second-order valence-corrected chi connectivity index (χ2v) is 6.59. The van der Waals surface area contributed by atoms with Crippen molar-refractivity contribution in [3.63, 3.8) is 0 Å². The predicted molar refractivity (Wildman–Crippen MR) is 79.5 cm³/mol. The van der Waals surface area contributed by atoms with Crippen LogP contribution in [0.5, 0.6) is 5.75 Å². The molecule has 0 saturated carbocycles. The lowest BCUT2D eigenvalue weighted by molar-refractivity contribution is -0.277. The van der Waals surface area contributed by atoms with Gasteiger partial charge in [0.1, 0.15) is 30.2 Å². The zero-order chi connectivity index (χ0) is 16.5. The fraction of sp³-hybridized carbons (Fsp3) is 0.625. The summed E-state index contributed by atoms with van der Waals surface area (Å²) in [4.78, 5) is 0. The molecule has 124 valence electrons. The molecular formula is C16H24O6. The van der Waals surface area contributed by atoms with Crippen LogP contribution in [-0.4, -0.2) is 57.7 Å². The van der Waals surface area contributed by atoms with E-state index in [1.165, 1.54) is 0 Å². The van der Waals surface area contributed by atoms with E-state index in [0.29, 0.717) is 5.75 Å². The Morgan fingerprint density at radius 2 is 1.59 bits per heavy atom. The first-order chi connectivity index (χ1) is 10.2. The number of aliphatic hydroxyl groups is 4. The Kier molecular flexibility index (Phi) is 5.09. The minimum absolute atomic E-state index is 0.0155. The van der Waals surface area contributed by atoms with Gasteiger partial charge in [-0.1, -0.05) is 32.9 Å². The third kappa shape index (κ3) is 3.59. The Morgan fingerprint density at radius 1 is 1.00 bits per heavy atom. The van der Waals surface area contributed by atoms with Crippen LogP contribution in [0.3, 0.4) is 0 Å². The van der Waals surface area contributed by atoms with E-state index in [1.54, 1.807) is 12.1 Å². The van der Waals surface area contributed by atoms with Crippen molar-refractivity contribution in [3.05, 3.63) is 29.8 Å². The monoisotopic (exact) mass is 312 g/mol. The molecule has 0 radical (unpaired) electrons. The lowest BCUT2D eigenvalue weighted by Gasteiger charge is -2.39. The van der Waals surface area contributed by atoms with Crippen LogP contribution in [-0.2, 0) is 10.2 Å². The van der Waals surface area contributed by atoms with E-state index in [2.05, 4.69) is 20.8 Å². The summed E-state index contributed by atoms with van der Waals surface area (Å²) < 4.78 is 10.8. The predicted octanol–water partition coefficient (Wildman–Crippen LogP) is 0.163. The Hall–Kier alpha value is -1.18. The van der Waals surface area contributed by atoms with Gasteiger partial charge in [-0.15, -0.1) is 0 Å². The van der Waals surface area contributed by atoms with Crippen molar-refractivity contribution >= 4 is 0 Å². The highest BCUT2D eigenvalue weighted by Crippen LogP contribution is 2.27. The number of aliphatic hydroxyl groups excluding tert-OH is 4. The van der Waals surface area contributed by atoms with E-state index in [1.807, 2.05) is 12.1 Å². The second-order valence-electron chi connectivity index (χ2n) is 6.59. The molecule has 0 aliphatic carbocycles. The molecule has 1 aromatic carbocycles. The highest BCUT2D eigenvalue weighted by atomic mass is 16.7. The molecule has 6 nitrogen and oxygen atoms in total. The minimum atomic E-state index is -1.44. The van der Waals surface area contributed by atoms with Crippen molar-refractivity contribution in [2.24, 2.45) is 0 Å². The molecule has 1 heterocycles. The first-order valence-corrected chi connectivity index (χ1v) is 7.32. The largest absolute Gasteiger partial charge is 0.462 e. The van der Waals surface area contributed by atoms with Gasteiger partial charge >= 0.3 is 0 Å². The molecule has 2 rings (SSSR count). The van der Waals surface area contributed by atoms with E-state index in [9.17, 15) is 15.3 Å². The minimum Gasteiger partial charge on any atom is -0.462 e. The number of hydrogen-bond donors (Lipinski definition) is 4. The summed E-state index contributed by atoms with van der Waals surface area (Å²) in [5.74, 6) is 0.470. The Balaban J connectivity index is 2.09. The van der Waals surface area contributed by atoms with Crippen LogP contribution in [0.2, 0.25) is 0 Å². The highest BCUT2D eigenvalue weighted by molar-refractivity contribution is 5.31. The van der Waals surface area contributed by atoms with Crippen LogP contribution >= 0.6 is 0 Å². The zero-order valence-corrected chi connectivity index (χ0v) is 13.0. The first-order valence-electron chi connectivity index (χ1n) is 7.32. The molecule has 1 aliphatic heterocycles. The van der Waals surface area contributed by atoms with Gasteiger partial charge in [0, 0.05) is 0 Å². The van der Waals surface area contributed by atoms with Gasteiger partial charge in [-0.2, -0.15) is 0 Å². The quantitative estimate of drug-likeness (QED) is 0.635. The van der Waals surface area contributed by atoms with Crippen LogP contribution in [0.15, 0.2) is 24.3 Å². The maximum absolute atomic E-state index is 9.92. The van der Waals surface area contributed by atoms with Gasteiger partial charge < -0.3 is 29.9 Å². The third-order valence-corrected chi connectivity index (χ3v) is 3.82. The Bertz CT molecular complexity index is 478. The molecule has 0 aromatic heterocycles. The number of rotatable bonds is 3. The van der Waals surface area contributed by atoms with E-state index in [4.69, 9.17) is 14.6 Å². The molecule has 1 saturated heterocycles. The molecule has 1 aromatic rings. The fourth-order valence-electron chi connectivity index (χ4n) is 2.33. The lowest BCUT2D eigenvalue weighted by atomic mass is 9.87. The van der Waals surface area contributed by atoms with Gasteiger partial charge in [0.15, 0.2) is 0 Å². The highest BCUT2D eigenvalue weighted by Gasteiger charge is 2.44. The molecule has 1 unspecified atom stereocenters. The zero-order valence-electron chi connectivity index (χ0n) is 13.0. The summed E-state index contributed by atoms with van der Waals surface area (Å²) in [6, 6.07) is 7.34. The van der Waals surface area contributed by atoms with Crippen LogP contribution in [0.25, 0.3) is 0 Å². The van der Waals surface area contributed by atoms with Crippen LogP contribution in [0, 0.1) is 0 Å². The van der Waals surface area contributed by atoms with Crippen LogP contribution in [0.1, 0.15) is 26.3 Å². The van der Waals surface area contributed by atoms with Gasteiger partial charge in [-0.05, 0) is 23.1 Å². The molecule has 4 N–H and O–H groups in total. The van der Waals surface area contributed by atoms with E-state index in [-0.39, 0.29) is 5.41 Å². The smallest absolute Gasteiger partial charge is 0.229 e. The number of hydrogen-bond acceptors (Lipinski definition) is 6. The van der Waals surface area contributed by atoms with E-state index >= 15 is 0 Å². The van der Waals surface area contributed by atoms with E-state index in [0.717, 1.165) is 5.56 Å². The molecule has 0 spiro atoms. The number of benzene rings is 1. The molecule has 0 amide bonds.